The average molecular weight is 346 g/mol. The number of hydrogen-bond donors (Lipinski definition) is 0. The van der Waals surface area contributed by atoms with E-state index in [1.54, 1.807) is 0 Å². The van der Waals surface area contributed by atoms with E-state index >= 15 is 0 Å². The lowest BCUT2D eigenvalue weighted by Gasteiger charge is -2.12. The van der Waals surface area contributed by atoms with Crippen LogP contribution in [0.2, 0.25) is 0 Å². The second kappa shape index (κ2) is 6.33. The molecule has 0 spiro atoms. The van der Waals surface area contributed by atoms with E-state index in [1.807, 2.05) is 24.8 Å². The SMILES string of the molecule is Cc1cc(-c2cncc3ccccc23)cc(-c2cncc3ccccc23)c1. The number of hydrogen-bond acceptors (Lipinski definition) is 2. The first-order valence-electron chi connectivity index (χ1n) is 9.07. The standard InChI is InChI=1S/C25H18N2/c1-17-10-20(24-15-26-13-18-6-2-4-8-22(18)24)12-21(11-17)25-16-27-14-19-7-3-5-9-23(19)25/h2-16H,1H3. The summed E-state index contributed by atoms with van der Waals surface area (Å²) < 4.78 is 0. The molecule has 0 unspecified atom stereocenters. The molecule has 0 bridgehead atoms. The van der Waals surface area contributed by atoms with Gasteiger partial charge in [-0.25, -0.2) is 0 Å². The van der Waals surface area contributed by atoms with Gasteiger partial charge in [0.1, 0.15) is 0 Å². The van der Waals surface area contributed by atoms with Crippen molar-refractivity contribution in [1.82, 2.24) is 9.97 Å². The lowest BCUT2D eigenvalue weighted by atomic mass is 9.93. The van der Waals surface area contributed by atoms with Crippen LogP contribution in [-0.2, 0) is 0 Å². The van der Waals surface area contributed by atoms with Crippen molar-refractivity contribution < 1.29 is 0 Å². The van der Waals surface area contributed by atoms with Gasteiger partial charge in [-0.3, -0.25) is 9.97 Å². The van der Waals surface area contributed by atoms with Crippen LogP contribution < -0.4 is 0 Å². The molecule has 0 fully saturated rings. The lowest BCUT2D eigenvalue weighted by Crippen LogP contribution is -1.89. The third-order valence-corrected chi connectivity index (χ3v) is 5.04. The van der Waals surface area contributed by atoms with Gasteiger partial charge in [0.05, 0.1) is 0 Å². The highest BCUT2D eigenvalue weighted by atomic mass is 14.6. The third kappa shape index (κ3) is 2.76. The highest BCUT2D eigenvalue weighted by Gasteiger charge is 2.09. The summed E-state index contributed by atoms with van der Waals surface area (Å²) >= 11 is 0. The molecule has 0 saturated carbocycles. The van der Waals surface area contributed by atoms with Crippen LogP contribution in [0.5, 0.6) is 0 Å². The molecule has 128 valence electrons. The summed E-state index contributed by atoms with van der Waals surface area (Å²) in [6.45, 7) is 2.14. The number of rotatable bonds is 2. The zero-order valence-corrected chi connectivity index (χ0v) is 15.1. The van der Waals surface area contributed by atoms with Crippen molar-refractivity contribution in [1.29, 1.82) is 0 Å². The van der Waals surface area contributed by atoms with E-state index < -0.39 is 0 Å². The lowest BCUT2D eigenvalue weighted by molar-refractivity contribution is 1.35. The second-order valence-corrected chi connectivity index (χ2v) is 6.90. The van der Waals surface area contributed by atoms with E-state index in [4.69, 9.17) is 0 Å². The van der Waals surface area contributed by atoms with Gasteiger partial charge in [0.15, 0.2) is 0 Å². The molecule has 0 amide bonds. The number of fused-ring (bicyclic) bond motifs is 2. The predicted molar refractivity (Wildman–Crippen MR) is 113 cm³/mol. The summed E-state index contributed by atoms with van der Waals surface area (Å²) in [5, 5.41) is 4.76. The maximum Gasteiger partial charge on any atom is 0.0352 e. The number of aryl methyl sites for hydroxylation is 1. The van der Waals surface area contributed by atoms with Crippen molar-refractivity contribution >= 4 is 21.5 Å². The van der Waals surface area contributed by atoms with Crippen LogP contribution in [0, 0.1) is 6.92 Å². The molecule has 2 nitrogen and oxygen atoms in total. The molecular weight excluding hydrogens is 328 g/mol. The Morgan fingerprint density at radius 3 is 1.56 bits per heavy atom. The molecular formula is C25H18N2. The van der Waals surface area contributed by atoms with E-state index in [1.165, 1.54) is 27.5 Å². The fourth-order valence-corrected chi connectivity index (χ4v) is 3.79. The largest absolute Gasteiger partial charge is 0.263 e. The van der Waals surface area contributed by atoms with Gasteiger partial charge in [0.25, 0.3) is 0 Å². The smallest absolute Gasteiger partial charge is 0.0352 e. The van der Waals surface area contributed by atoms with E-state index in [2.05, 4.69) is 83.6 Å². The Kier molecular flexibility index (Phi) is 3.68. The van der Waals surface area contributed by atoms with Crippen molar-refractivity contribution in [3.8, 4) is 22.3 Å². The molecule has 3 aromatic carbocycles. The monoisotopic (exact) mass is 346 g/mol. The van der Waals surface area contributed by atoms with Gasteiger partial charge in [-0.1, -0.05) is 60.7 Å². The molecule has 0 aliphatic carbocycles. The van der Waals surface area contributed by atoms with Gasteiger partial charge in [-0.2, -0.15) is 0 Å². The van der Waals surface area contributed by atoms with E-state index in [-0.39, 0.29) is 0 Å². The molecule has 2 heteroatoms. The molecule has 2 heterocycles. The zero-order chi connectivity index (χ0) is 18.2. The molecule has 0 saturated heterocycles. The Bertz CT molecular complexity index is 1180. The van der Waals surface area contributed by atoms with Gasteiger partial charge in [0, 0.05) is 46.7 Å². The van der Waals surface area contributed by atoms with Gasteiger partial charge in [-0.05, 0) is 40.5 Å². The van der Waals surface area contributed by atoms with Crippen molar-refractivity contribution in [2.24, 2.45) is 0 Å². The number of aromatic nitrogens is 2. The van der Waals surface area contributed by atoms with Crippen molar-refractivity contribution in [2.45, 2.75) is 6.92 Å². The van der Waals surface area contributed by atoms with Crippen LogP contribution in [0.25, 0.3) is 43.8 Å². The van der Waals surface area contributed by atoms with Gasteiger partial charge in [0.2, 0.25) is 0 Å². The molecule has 2 aromatic heterocycles. The number of nitrogens with zero attached hydrogens (tertiary/aromatic N) is 2. The first-order chi connectivity index (χ1) is 13.3. The quantitative estimate of drug-likeness (QED) is 0.368. The fourth-order valence-electron chi connectivity index (χ4n) is 3.79. The Hall–Kier alpha value is -3.52. The molecule has 0 aliphatic heterocycles. The third-order valence-electron chi connectivity index (χ3n) is 5.04. The van der Waals surface area contributed by atoms with E-state index in [0.717, 1.165) is 21.9 Å². The van der Waals surface area contributed by atoms with Crippen LogP contribution in [0.1, 0.15) is 5.56 Å². The van der Waals surface area contributed by atoms with Crippen LogP contribution >= 0.6 is 0 Å². The normalized spacial score (nSPS) is 11.1. The van der Waals surface area contributed by atoms with Crippen LogP contribution in [0.15, 0.2) is 91.5 Å². The minimum Gasteiger partial charge on any atom is -0.263 e. The minimum absolute atomic E-state index is 1.16. The molecule has 0 radical (unpaired) electrons. The van der Waals surface area contributed by atoms with Gasteiger partial charge < -0.3 is 0 Å². The maximum atomic E-state index is 4.46. The van der Waals surface area contributed by atoms with Crippen molar-refractivity contribution in [3.05, 3.63) is 97.1 Å². The highest BCUT2D eigenvalue weighted by Crippen LogP contribution is 2.34. The molecule has 0 atom stereocenters. The zero-order valence-electron chi connectivity index (χ0n) is 15.1. The van der Waals surface area contributed by atoms with E-state index in [9.17, 15) is 0 Å². The fraction of sp³-hybridized carbons (Fsp3) is 0.0400. The number of benzene rings is 3. The Labute approximate surface area is 158 Å². The van der Waals surface area contributed by atoms with Crippen LogP contribution in [0.4, 0.5) is 0 Å². The highest BCUT2D eigenvalue weighted by molar-refractivity contribution is 5.99. The van der Waals surface area contributed by atoms with E-state index in [0.29, 0.717) is 0 Å². The summed E-state index contributed by atoms with van der Waals surface area (Å²) in [5.41, 5.74) is 5.91. The molecule has 5 rings (SSSR count). The van der Waals surface area contributed by atoms with Gasteiger partial charge in [-0.15, -0.1) is 0 Å². The van der Waals surface area contributed by atoms with Crippen molar-refractivity contribution in [2.75, 3.05) is 0 Å². The first-order valence-corrected chi connectivity index (χ1v) is 9.07. The van der Waals surface area contributed by atoms with Crippen LogP contribution in [0.3, 0.4) is 0 Å². The second-order valence-electron chi connectivity index (χ2n) is 6.90. The molecule has 27 heavy (non-hydrogen) atoms. The summed E-state index contributed by atoms with van der Waals surface area (Å²) in [6, 6.07) is 23.5. The molecule has 5 aromatic rings. The molecule has 0 aliphatic rings. The maximum absolute atomic E-state index is 4.46. The summed E-state index contributed by atoms with van der Waals surface area (Å²) in [4.78, 5) is 8.92. The predicted octanol–water partition coefficient (Wildman–Crippen LogP) is 6.43. The summed E-state index contributed by atoms with van der Waals surface area (Å²) in [5.74, 6) is 0. The van der Waals surface area contributed by atoms with Crippen molar-refractivity contribution in [3.63, 3.8) is 0 Å². The molecule has 0 N–H and O–H groups in total. The summed E-state index contributed by atoms with van der Waals surface area (Å²) in [6.07, 6.45) is 7.76. The Morgan fingerprint density at radius 2 is 1.04 bits per heavy atom. The van der Waals surface area contributed by atoms with Gasteiger partial charge >= 0.3 is 0 Å². The Balaban J connectivity index is 1.76. The topological polar surface area (TPSA) is 25.8 Å². The first kappa shape index (κ1) is 15.7. The minimum atomic E-state index is 1.16. The van der Waals surface area contributed by atoms with Crippen LogP contribution in [-0.4, -0.2) is 9.97 Å². The number of pyridine rings is 2. The Morgan fingerprint density at radius 1 is 0.556 bits per heavy atom. The summed E-state index contributed by atoms with van der Waals surface area (Å²) in [7, 11) is 0. The average Bonchev–Trinajstić information content (AvgIpc) is 2.72.